The molecule has 1 N–H and O–H groups in total. The van der Waals surface area contributed by atoms with Crippen LogP contribution < -0.4 is 0 Å². The van der Waals surface area contributed by atoms with E-state index in [4.69, 9.17) is 5.41 Å². The molecule has 0 bridgehead atoms. The van der Waals surface area contributed by atoms with Crippen LogP contribution in [0.3, 0.4) is 0 Å². The molecule has 10 heavy (non-hydrogen) atoms. The van der Waals surface area contributed by atoms with Crippen LogP contribution in [-0.2, 0) is 4.79 Å². The SMILES string of the molecule is N=[C]c1ccccc1[C]=O. The summed E-state index contributed by atoms with van der Waals surface area (Å²) in [5.41, 5.74) is 0.870. The van der Waals surface area contributed by atoms with Crippen molar-refractivity contribution in [2.45, 2.75) is 0 Å². The van der Waals surface area contributed by atoms with Crippen LogP contribution in [0.1, 0.15) is 11.1 Å². The molecule has 2 radical (unpaired) electrons. The summed E-state index contributed by atoms with van der Waals surface area (Å²) in [4.78, 5) is 10.1. The van der Waals surface area contributed by atoms with Gasteiger partial charge in [-0.1, -0.05) is 24.3 Å². The maximum atomic E-state index is 10.1. The Bertz CT molecular complexity index is 228. The Morgan fingerprint density at radius 3 is 2.20 bits per heavy atom. The number of carbonyl (C=O) groups excluding carboxylic acids is 1. The second-order valence-corrected chi connectivity index (χ2v) is 1.77. The standard InChI is InChI=1S/C8H5NO/c9-5-7-3-1-2-4-8(7)6-10/h1-4,9H. The highest BCUT2D eigenvalue weighted by atomic mass is 16.1. The molecule has 0 saturated carbocycles. The molecule has 1 aromatic rings. The second-order valence-electron chi connectivity index (χ2n) is 1.77. The first-order valence-corrected chi connectivity index (χ1v) is 2.78. The molecule has 0 aliphatic carbocycles. The minimum absolute atomic E-state index is 0.387. The molecule has 0 aliphatic rings. The van der Waals surface area contributed by atoms with Crippen molar-refractivity contribution in [3.8, 4) is 0 Å². The lowest BCUT2D eigenvalue weighted by Crippen LogP contribution is -1.88. The summed E-state index contributed by atoms with van der Waals surface area (Å²) in [5, 5.41) is 6.76. The molecular weight excluding hydrogens is 126 g/mol. The Labute approximate surface area is 59.0 Å². The van der Waals surface area contributed by atoms with Crippen molar-refractivity contribution in [3.63, 3.8) is 0 Å². The van der Waals surface area contributed by atoms with Crippen LogP contribution >= 0.6 is 0 Å². The fourth-order valence-electron chi connectivity index (χ4n) is 0.681. The van der Waals surface area contributed by atoms with Crippen LogP contribution in [0.15, 0.2) is 24.3 Å². The second kappa shape index (κ2) is 2.92. The Kier molecular flexibility index (Phi) is 1.95. The van der Waals surface area contributed by atoms with E-state index in [0.717, 1.165) is 0 Å². The normalized spacial score (nSPS) is 8.80. The molecule has 2 heteroatoms. The van der Waals surface area contributed by atoms with Gasteiger partial charge in [-0.3, -0.25) is 10.2 Å². The van der Waals surface area contributed by atoms with Gasteiger partial charge in [-0.15, -0.1) is 0 Å². The van der Waals surface area contributed by atoms with Gasteiger partial charge in [-0.2, -0.15) is 0 Å². The molecule has 2 nitrogen and oxygen atoms in total. The molecule has 0 fully saturated rings. The summed E-state index contributed by atoms with van der Waals surface area (Å²) in [6.07, 6.45) is 3.85. The van der Waals surface area contributed by atoms with E-state index < -0.39 is 0 Å². The lowest BCUT2D eigenvalue weighted by Gasteiger charge is -1.91. The fourth-order valence-corrected chi connectivity index (χ4v) is 0.681. The van der Waals surface area contributed by atoms with Crippen LogP contribution in [0.5, 0.6) is 0 Å². The molecule has 1 aromatic carbocycles. The molecule has 48 valence electrons. The van der Waals surface area contributed by atoms with E-state index in [1.54, 1.807) is 30.6 Å². The molecule has 0 amide bonds. The first kappa shape index (κ1) is 6.68. The molecule has 0 spiro atoms. The van der Waals surface area contributed by atoms with Gasteiger partial charge in [0.2, 0.25) is 6.29 Å². The molecular formula is C8H5NO. The average molecular weight is 131 g/mol. The van der Waals surface area contributed by atoms with E-state index in [2.05, 4.69) is 6.21 Å². The van der Waals surface area contributed by atoms with Gasteiger partial charge in [0.05, 0.1) is 6.21 Å². The minimum atomic E-state index is 0.387. The summed E-state index contributed by atoms with van der Waals surface area (Å²) in [6, 6.07) is 6.72. The largest absolute Gasteiger partial charge is 0.298 e. The van der Waals surface area contributed by atoms with E-state index >= 15 is 0 Å². The van der Waals surface area contributed by atoms with E-state index in [-0.39, 0.29) is 0 Å². The Hall–Kier alpha value is -1.44. The number of hydrogen-bond acceptors (Lipinski definition) is 2. The van der Waals surface area contributed by atoms with E-state index in [1.165, 1.54) is 0 Å². The predicted octanol–water partition coefficient (Wildman–Crippen LogP) is 1.02. The third-order valence-corrected chi connectivity index (χ3v) is 1.17. The van der Waals surface area contributed by atoms with Crippen LogP contribution in [0.4, 0.5) is 0 Å². The van der Waals surface area contributed by atoms with Crippen molar-refractivity contribution >= 4 is 12.5 Å². The smallest absolute Gasteiger partial charge is 0.234 e. The maximum absolute atomic E-state index is 10.1. The summed E-state index contributed by atoms with van der Waals surface area (Å²) in [6.45, 7) is 0. The summed E-state index contributed by atoms with van der Waals surface area (Å²) >= 11 is 0. The Morgan fingerprint density at radius 1 is 1.20 bits per heavy atom. The van der Waals surface area contributed by atoms with Crippen LogP contribution in [-0.4, -0.2) is 12.5 Å². The first-order chi connectivity index (χ1) is 4.88. The summed E-state index contributed by atoms with van der Waals surface area (Å²) < 4.78 is 0. The van der Waals surface area contributed by atoms with Gasteiger partial charge < -0.3 is 0 Å². The van der Waals surface area contributed by atoms with Crippen molar-refractivity contribution in [1.82, 2.24) is 0 Å². The van der Waals surface area contributed by atoms with Crippen LogP contribution in [0.2, 0.25) is 0 Å². The zero-order valence-corrected chi connectivity index (χ0v) is 5.22. The number of nitrogens with one attached hydrogen (secondary N) is 1. The van der Waals surface area contributed by atoms with Crippen LogP contribution in [0.25, 0.3) is 0 Å². The van der Waals surface area contributed by atoms with Crippen LogP contribution in [0, 0.1) is 5.41 Å². The van der Waals surface area contributed by atoms with Crippen molar-refractivity contribution in [1.29, 1.82) is 5.41 Å². The highest BCUT2D eigenvalue weighted by molar-refractivity contribution is 5.91. The lowest BCUT2D eigenvalue weighted by molar-refractivity contribution is 0.562. The average Bonchev–Trinajstić information content (AvgIpc) is 2.04. The number of rotatable bonds is 2. The van der Waals surface area contributed by atoms with Crippen molar-refractivity contribution in [3.05, 3.63) is 35.4 Å². The summed E-state index contributed by atoms with van der Waals surface area (Å²) in [5.74, 6) is 0. The van der Waals surface area contributed by atoms with Crippen molar-refractivity contribution < 1.29 is 4.79 Å². The molecule has 0 saturated heterocycles. The number of hydrogen-bond donors (Lipinski definition) is 1. The van der Waals surface area contributed by atoms with Crippen molar-refractivity contribution in [2.75, 3.05) is 0 Å². The fraction of sp³-hybridized carbons (Fsp3) is 0. The van der Waals surface area contributed by atoms with E-state index in [0.29, 0.717) is 11.1 Å². The lowest BCUT2D eigenvalue weighted by atomic mass is 10.1. The third-order valence-electron chi connectivity index (χ3n) is 1.17. The molecule has 0 heterocycles. The zero-order valence-electron chi connectivity index (χ0n) is 5.22. The van der Waals surface area contributed by atoms with Gasteiger partial charge >= 0.3 is 0 Å². The number of benzene rings is 1. The minimum Gasteiger partial charge on any atom is -0.298 e. The van der Waals surface area contributed by atoms with Gasteiger partial charge in [0.15, 0.2) is 0 Å². The monoisotopic (exact) mass is 131 g/mol. The van der Waals surface area contributed by atoms with Gasteiger partial charge in [-0.25, -0.2) is 0 Å². The molecule has 0 atom stereocenters. The highest BCUT2D eigenvalue weighted by Gasteiger charge is 1.95. The Morgan fingerprint density at radius 2 is 1.80 bits per heavy atom. The Balaban J connectivity index is 3.20. The van der Waals surface area contributed by atoms with E-state index in [1.807, 2.05) is 0 Å². The predicted molar refractivity (Wildman–Crippen MR) is 38.1 cm³/mol. The van der Waals surface area contributed by atoms with Gasteiger partial charge in [0.25, 0.3) is 0 Å². The summed E-state index contributed by atoms with van der Waals surface area (Å²) in [7, 11) is 0. The highest BCUT2D eigenvalue weighted by Crippen LogP contribution is 2.01. The van der Waals surface area contributed by atoms with Crippen molar-refractivity contribution in [2.24, 2.45) is 0 Å². The maximum Gasteiger partial charge on any atom is 0.234 e. The van der Waals surface area contributed by atoms with Gasteiger partial charge in [0.1, 0.15) is 0 Å². The third kappa shape index (κ3) is 1.10. The van der Waals surface area contributed by atoms with Gasteiger partial charge in [-0.05, 0) is 0 Å². The van der Waals surface area contributed by atoms with E-state index in [9.17, 15) is 4.79 Å². The topological polar surface area (TPSA) is 40.9 Å². The van der Waals surface area contributed by atoms with Gasteiger partial charge in [0, 0.05) is 11.1 Å². The molecule has 0 aliphatic heterocycles. The zero-order chi connectivity index (χ0) is 7.40. The molecule has 0 aromatic heterocycles. The molecule has 1 rings (SSSR count). The first-order valence-electron chi connectivity index (χ1n) is 2.78. The quantitative estimate of drug-likeness (QED) is 0.598. The molecule has 0 unspecified atom stereocenters.